The maximum atomic E-state index is 12.4. The molecule has 0 atom stereocenters. The van der Waals surface area contributed by atoms with Crippen molar-refractivity contribution < 1.29 is 13.2 Å². The molecule has 0 radical (unpaired) electrons. The molecule has 3 aromatic rings. The Hall–Kier alpha value is -2.58. The van der Waals surface area contributed by atoms with Crippen LogP contribution < -0.4 is 14.9 Å². The summed E-state index contributed by atoms with van der Waals surface area (Å²) >= 11 is 6.86. The van der Waals surface area contributed by atoms with Crippen molar-refractivity contribution in [3.05, 3.63) is 34.8 Å². The summed E-state index contributed by atoms with van der Waals surface area (Å²) in [4.78, 5) is 31.6. The highest BCUT2D eigenvalue weighted by Gasteiger charge is 2.23. The van der Waals surface area contributed by atoms with E-state index >= 15 is 0 Å². The van der Waals surface area contributed by atoms with Gasteiger partial charge in [0, 0.05) is 59.6 Å². The van der Waals surface area contributed by atoms with Crippen LogP contribution >= 0.6 is 22.9 Å². The maximum Gasteiger partial charge on any atom is 0.250 e. The number of halogens is 1. The Morgan fingerprint density at radius 3 is 2.60 bits per heavy atom. The molecule has 0 aromatic carbocycles. The minimum Gasteiger partial charge on any atom is -0.367 e. The minimum absolute atomic E-state index is 0.0794. The van der Waals surface area contributed by atoms with Crippen LogP contribution in [0.2, 0.25) is 4.34 Å². The summed E-state index contributed by atoms with van der Waals surface area (Å²) < 4.78 is 28.0. The Labute approximate surface area is 213 Å². The van der Waals surface area contributed by atoms with Gasteiger partial charge in [0.25, 0.3) is 0 Å². The SMILES string of the molecule is CN(C)C(=O)CN1CCN(c2nc(NCCNS(=O)(=O)c3ccc(Cl)s3)c3ncccc3n2)CC1. The summed E-state index contributed by atoms with van der Waals surface area (Å²) in [6, 6.07) is 6.72. The first-order valence-corrected chi connectivity index (χ1v) is 13.7. The number of nitrogens with one attached hydrogen (secondary N) is 2. The number of pyridine rings is 1. The van der Waals surface area contributed by atoms with E-state index in [0.29, 0.717) is 53.3 Å². The molecular formula is C21H27ClN8O3S2. The van der Waals surface area contributed by atoms with Crippen molar-refractivity contribution in [1.82, 2.24) is 29.5 Å². The maximum absolute atomic E-state index is 12.4. The Morgan fingerprint density at radius 2 is 1.91 bits per heavy atom. The number of aromatic nitrogens is 3. The molecule has 0 bridgehead atoms. The number of amides is 1. The third-order valence-corrected chi connectivity index (χ3v) is 8.66. The monoisotopic (exact) mass is 538 g/mol. The second kappa shape index (κ2) is 11.0. The molecule has 1 aliphatic heterocycles. The molecule has 1 amide bonds. The molecule has 14 heteroatoms. The molecule has 1 aliphatic rings. The molecule has 4 heterocycles. The smallest absolute Gasteiger partial charge is 0.250 e. The first-order chi connectivity index (χ1) is 16.7. The molecule has 0 spiro atoms. The third kappa shape index (κ3) is 6.35. The van der Waals surface area contributed by atoms with Gasteiger partial charge >= 0.3 is 0 Å². The summed E-state index contributed by atoms with van der Waals surface area (Å²) in [5.41, 5.74) is 1.30. The number of hydrogen-bond acceptors (Lipinski definition) is 10. The van der Waals surface area contributed by atoms with Gasteiger partial charge in [0.15, 0.2) is 5.82 Å². The van der Waals surface area contributed by atoms with Gasteiger partial charge in [-0.3, -0.25) is 14.7 Å². The van der Waals surface area contributed by atoms with Crippen LogP contribution in [0.25, 0.3) is 11.0 Å². The lowest BCUT2D eigenvalue weighted by molar-refractivity contribution is -0.129. The molecule has 0 aliphatic carbocycles. The number of carbonyl (C=O) groups excluding carboxylic acids is 1. The number of hydrogen-bond donors (Lipinski definition) is 2. The van der Waals surface area contributed by atoms with Crippen LogP contribution in [0.1, 0.15) is 0 Å². The molecule has 1 saturated heterocycles. The number of likely N-dealkylation sites (N-methyl/N-ethyl adjacent to an activating group) is 1. The highest BCUT2D eigenvalue weighted by atomic mass is 35.5. The van der Waals surface area contributed by atoms with E-state index < -0.39 is 10.0 Å². The van der Waals surface area contributed by atoms with Crippen LogP contribution in [0.4, 0.5) is 11.8 Å². The number of nitrogens with zero attached hydrogens (tertiary/aromatic N) is 6. The number of thiophene rings is 1. The number of rotatable bonds is 9. The summed E-state index contributed by atoms with van der Waals surface area (Å²) in [5, 5.41) is 3.19. The van der Waals surface area contributed by atoms with E-state index in [9.17, 15) is 13.2 Å². The fourth-order valence-electron chi connectivity index (χ4n) is 3.54. The lowest BCUT2D eigenvalue weighted by atomic mass is 10.3. The van der Waals surface area contributed by atoms with Crippen molar-refractivity contribution in [2.24, 2.45) is 0 Å². The molecule has 3 aromatic heterocycles. The lowest BCUT2D eigenvalue weighted by Crippen LogP contribution is -2.49. The topological polar surface area (TPSA) is 124 Å². The van der Waals surface area contributed by atoms with E-state index in [4.69, 9.17) is 11.6 Å². The van der Waals surface area contributed by atoms with Crippen molar-refractivity contribution >= 4 is 61.7 Å². The molecule has 1 fully saturated rings. The van der Waals surface area contributed by atoms with E-state index in [0.717, 1.165) is 24.4 Å². The van der Waals surface area contributed by atoms with E-state index in [-0.39, 0.29) is 16.7 Å². The summed E-state index contributed by atoms with van der Waals surface area (Å²) in [5.74, 6) is 1.19. The predicted molar refractivity (Wildman–Crippen MR) is 138 cm³/mol. The first kappa shape index (κ1) is 25.5. The number of piperazine rings is 1. The van der Waals surface area contributed by atoms with Gasteiger partial charge in [-0.1, -0.05) is 11.6 Å². The van der Waals surface area contributed by atoms with Gasteiger partial charge in [0.1, 0.15) is 9.73 Å². The highest BCUT2D eigenvalue weighted by molar-refractivity contribution is 7.91. The van der Waals surface area contributed by atoms with Crippen LogP contribution in [0.15, 0.2) is 34.7 Å². The van der Waals surface area contributed by atoms with Crippen molar-refractivity contribution in [2.75, 3.05) is 70.1 Å². The molecule has 35 heavy (non-hydrogen) atoms. The predicted octanol–water partition coefficient (Wildman–Crippen LogP) is 1.34. The first-order valence-electron chi connectivity index (χ1n) is 11.0. The van der Waals surface area contributed by atoms with Crippen LogP contribution in [0.5, 0.6) is 0 Å². The van der Waals surface area contributed by atoms with Gasteiger partial charge in [-0.2, -0.15) is 4.98 Å². The normalized spacial score (nSPS) is 14.9. The van der Waals surface area contributed by atoms with Crippen LogP contribution in [-0.4, -0.2) is 99.0 Å². The molecule has 0 saturated carbocycles. The summed E-state index contributed by atoms with van der Waals surface area (Å²) in [7, 11) is -0.112. The zero-order valence-corrected chi connectivity index (χ0v) is 21.8. The molecular weight excluding hydrogens is 512 g/mol. The summed E-state index contributed by atoms with van der Waals surface area (Å²) in [6.07, 6.45) is 1.67. The van der Waals surface area contributed by atoms with Gasteiger partial charge in [-0.05, 0) is 24.3 Å². The standard InChI is InChI=1S/C21H27ClN8O3S2/c1-28(2)17(31)14-29-10-12-30(13-11-29)21-26-15-4-3-7-23-19(15)20(27-21)24-8-9-25-35(32,33)18-6-5-16(22)34-18/h3-7,25H,8-14H2,1-2H3,(H,24,26,27). The second-order valence-corrected chi connectivity index (χ2v) is 11.9. The van der Waals surface area contributed by atoms with Crippen molar-refractivity contribution in [2.45, 2.75) is 4.21 Å². The zero-order chi connectivity index (χ0) is 25.0. The Balaban J connectivity index is 1.41. The largest absolute Gasteiger partial charge is 0.367 e. The molecule has 11 nitrogen and oxygen atoms in total. The van der Waals surface area contributed by atoms with Gasteiger partial charge in [0.2, 0.25) is 21.9 Å². The Kier molecular flexibility index (Phi) is 8.02. The average Bonchev–Trinajstić information content (AvgIpc) is 3.29. The van der Waals surface area contributed by atoms with E-state index in [1.807, 2.05) is 12.1 Å². The van der Waals surface area contributed by atoms with E-state index in [2.05, 4.69) is 34.8 Å². The number of sulfonamides is 1. The highest BCUT2D eigenvalue weighted by Crippen LogP contribution is 2.25. The molecule has 2 N–H and O–H groups in total. The van der Waals surface area contributed by atoms with Gasteiger partial charge < -0.3 is 15.1 Å². The average molecular weight is 539 g/mol. The third-order valence-electron chi connectivity index (χ3n) is 5.48. The minimum atomic E-state index is -3.63. The van der Waals surface area contributed by atoms with Crippen molar-refractivity contribution in [3.8, 4) is 0 Å². The fourth-order valence-corrected chi connectivity index (χ4v) is 6.10. The lowest BCUT2D eigenvalue weighted by Gasteiger charge is -2.34. The molecule has 4 rings (SSSR count). The van der Waals surface area contributed by atoms with E-state index in [1.165, 1.54) is 6.07 Å². The van der Waals surface area contributed by atoms with Gasteiger partial charge in [-0.25, -0.2) is 18.1 Å². The quantitative estimate of drug-likeness (QED) is 0.388. The number of carbonyl (C=O) groups is 1. The number of anilines is 2. The molecule has 0 unspecified atom stereocenters. The number of fused-ring (bicyclic) bond motifs is 1. The molecule has 188 valence electrons. The van der Waals surface area contributed by atoms with Crippen molar-refractivity contribution in [1.29, 1.82) is 0 Å². The fraction of sp³-hybridized carbons (Fsp3) is 0.429. The zero-order valence-electron chi connectivity index (χ0n) is 19.4. The van der Waals surface area contributed by atoms with Crippen LogP contribution in [-0.2, 0) is 14.8 Å². The van der Waals surface area contributed by atoms with Crippen LogP contribution in [0, 0.1) is 0 Å². The van der Waals surface area contributed by atoms with Crippen LogP contribution in [0.3, 0.4) is 0 Å². The Bertz CT molecular complexity index is 1290. The van der Waals surface area contributed by atoms with Crippen molar-refractivity contribution in [3.63, 3.8) is 0 Å². The van der Waals surface area contributed by atoms with E-state index in [1.54, 1.807) is 31.3 Å². The van der Waals surface area contributed by atoms with Gasteiger partial charge in [0.05, 0.1) is 16.4 Å². The summed E-state index contributed by atoms with van der Waals surface area (Å²) in [6.45, 7) is 3.69. The van der Waals surface area contributed by atoms with Gasteiger partial charge in [-0.15, -0.1) is 11.3 Å². The Morgan fingerprint density at radius 1 is 1.14 bits per heavy atom. The second-order valence-electron chi connectivity index (χ2n) is 8.18.